The Morgan fingerprint density at radius 2 is 2.06 bits per heavy atom. The molecule has 2 aromatic carbocycles. The lowest BCUT2D eigenvalue weighted by Gasteiger charge is -2.12. The number of ether oxygens (including phenoxy) is 1. The molecule has 0 aliphatic rings. The first kappa shape index (κ1) is 12.5. The molecule has 2 rings (SSSR count). The summed E-state index contributed by atoms with van der Waals surface area (Å²) in [5.41, 5.74) is 7.40. The molecule has 0 aliphatic carbocycles. The van der Waals surface area contributed by atoms with Crippen molar-refractivity contribution in [1.29, 1.82) is 0 Å². The molecule has 0 atom stereocenters. The van der Waals surface area contributed by atoms with Crippen molar-refractivity contribution in [2.45, 2.75) is 0 Å². The summed E-state index contributed by atoms with van der Waals surface area (Å²) in [5, 5.41) is 3.46. The number of para-hydroxylation sites is 1. The Kier molecular flexibility index (Phi) is 3.58. The molecule has 5 heteroatoms. The van der Waals surface area contributed by atoms with E-state index in [4.69, 9.17) is 22.1 Å². The zero-order chi connectivity index (χ0) is 13.1. The minimum absolute atomic E-state index is 0.188. The van der Waals surface area contributed by atoms with Crippen LogP contribution >= 0.6 is 11.6 Å². The Hall–Kier alpha value is -1.94. The summed E-state index contributed by atoms with van der Waals surface area (Å²) < 4.78 is 18.4. The van der Waals surface area contributed by atoms with Crippen molar-refractivity contribution in [2.24, 2.45) is 0 Å². The van der Waals surface area contributed by atoms with E-state index in [1.54, 1.807) is 24.3 Å². The average molecular weight is 267 g/mol. The second-order valence-electron chi connectivity index (χ2n) is 3.68. The molecule has 0 unspecified atom stereocenters. The fourth-order valence-corrected chi connectivity index (χ4v) is 1.79. The molecule has 18 heavy (non-hydrogen) atoms. The van der Waals surface area contributed by atoms with Crippen LogP contribution in [0, 0.1) is 5.82 Å². The van der Waals surface area contributed by atoms with E-state index in [1.165, 1.54) is 19.2 Å². The van der Waals surface area contributed by atoms with Crippen molar-refractivity contribution in [1.82, 2.24) is 0 Å². The highest BCUT2D eigenvalue weighted by atomic mass is 35.5. The van der Waals surface area contributed by atoms with Gasteiger partial charge in [-0.25, -0.2) is 4.39 Å². The largest absolute Gasteiger partial charge is 0.494 e. The maximum Gasteiger partial charge on any atom is 0.167 e. The van der Waals surface area contributed by atoms with Gasteiger partial charge in [0.15, 0.2) is 11.6 Å². The lowest BCUT2D eigenvalue weighted by Crippen LogP contribution is -1.98. The second kappa shape index (κ2) is 5.14. The van der Waals surface area contributed by atoms with Crippen molar-refractivity contribution < 1.29 is 9.13 Å². The summed E-state index contributed by atoms with van der Waals surface area (Å²) >= 11 is 6.02. The van der Waals surface area contributed by atoms with Crippen LogP contribution in [0.2, 0.25) is 5.02 Å². The van der Waals surface area contributed by atoms with E-state index in [0.717, 1.165) is 0 Å². The maximum atomic E-state index is 13.5. The minimum atomic E-state index is -0.451. The summed E-state index contributed by atoms with van der Waals surface area (Å²) in [4.78, 5) is 0. The van der Waals surface area contributed by atoms with Crippen LogP contribution in [0.5, 0.6) is 5.75 Å². The van der Waals surface area contributed by atoms with Crippen LogP contribution in [0.25, 0.3) is 0 Å². The second-order valence-corrected chi connectivity index (χ2v) is 4.09. The van der Waals surface area contributed by atoms with Crippen LogP contribution in [0.15, 0.2) is 36.4 Å². The van der Waals surface area contributed by atoms with E-state index in [0.29, 0.717) is 22.1 Å². The predicted molar refractivity (Wildman–Crippen MR) is 72.1 cm³/mol. The first-order valence-corrected chi connectivity index (χ1v) is 5.64. The van der Waals surface area contributed by atoms with Gasteiger partial charge in [0, 0.05) is 11.8 Å². The van der Waals surface area contributed by atoms with E-state index >= 15 is 0 Å². The monoisotopic (exact) mass is 266 g/mol. The lowest BCUT2D eigenvalue weighted by molar-refractivity contribution is 0.386. The highest BCUT2D eigenvalue weighted by molar-refractivity contribution is 6.34. The molecule has 0 saturated carbocycles. The van der Waals surface area contributed by atoms with Gasteiger partial charge in [-0.1, -0.05) is 17.7 Å². The zero-order valence-electron chi connectivity index (χ0n) is 9.71. The average Bonchev–Trinajstić information content (AvgIpc) is 2.34. The Balaban J connectivity index is 2.32. The molecule has 2 aromatic rings. The topological polar surface area (TPSA) is 47.3 Å². The zero-order valence-corrected chi connectivity index (χ0v) is 10.5. The molecule has 0 aliphatic heterocycles. The Bertz CT molecular complexity index is 555. The standard InChI is InChI=1S/C13H12ClFN2O/c1-18-12-6-5-8(7-10(12)15)17-13-9(14)3-2-4-11(13)16/h2-7,17H,16H2,1H3. The van der Waals surface area contributed by atoms with Crippen molar-refractivity contribution in [3.8, 4) is 5.75 Å². The Morgan fingerprint density at radius 3 is 2.67 bits per heavy atom. The Morgan fingerprint density at radius 1 is 1.28 bits per heavy atom. The first-order chi connectivity index (χ1) is 8.61. The van der Waals surface area contributed by atoms with Gasteiger partial charge in [-0.05, 0) is 24.3 Å². The van der Waals surface area contributed by atoms with Gasteiger partial charge in [0.1, 0.15) is 0 Å². The molecule has 0 amide bonds. The molecule has 0 heterocycles. The van der Waals surface area contributed by atoms with Gasteiger partial charge in [0.25, 0.3) is 0 Å². The quantitative estimate of drug-likeness (QED) is 0.831. The number of hydrogen-bond acceptors (Lipinski definition) is 3. The third-order valence-electron chi connectivity index (χ3n) is 2.47. The number of hydrogen-bond donors (Lipinski definition) is 2. The number of methoxy groups -OCH3 is 1. The highest BCUT2D eigenvalue weighted by Gasteiger charge is 2.07. The van der Waals surface area contributed by atoms with Crippen LogP contribution < -0.4 is 15.8 Å². The molecule has 3 nitrogen and oxygen atoms in total. The van der Waals surface area contributed by atoms with E-state index < -0.39 is 5.82 Å². The van der Waals surface area contributed by atoms with Crippen molar-refractivity contribution in [2.75, 3.05) is 18.2 Å². The molecule has 0 aromatic heterocycles. The van der Waals surface area contributed by atoms with Crippen molar-refractivity contribution in [3.63, 3.8) is 0 Å². The van der Waals surface area contributed by atoms with Crippen molar-refractivity contribution in [3.05, 3.63) is 47.2 Å². The van der Waals surface area contributed by atoms with Gasteiger partial charge >= 0.3 is 0 Å². The van der Waals surface area contributed by atoms with E-state index in [-0.39, 0.29) is 5.75 Å². The normalized spacial score (nSPS) is 10.2. The fourth-order valence-electron chi connectivity index (χ4n) is 1.56. The van der Waals surface area contributed by atoms with E-state index in [1.807, 2.05) is 0 Å². The van der Waals surface area contributed by atoms with Gasteiger partial charge in [-0.3, -0.25) is 0 Å². The Labute approximate surface area is 109 Å². The summed E-state index contributed by atoms with van der Waals surface area (Å²) in [5.74, 6) is -0.263. The molecular formula is C13H12ClFN2O. The molecule has 0 saturated heterocycles. The van der Waals surface area contributed by atoms with Crippen molar-refractivity contribution >= 4 is 28.7 Å². The van der Waals surface area contributed by atoms with Gasteiger partial charge in [0.2, 0.25) is 0 Å². The van der Waals surface area contributed by atoms with Crippen LogP contribution in [0.4, 0.5) is 21.5 Å². The summed E-state index contributed by atoms with van der Waals surface area (Å²) in [7, 11) is 1.41. The number of halogens is 2. The summed E-state index contributed by atoms with van der Waals surface area (Å²) in [6.07, 6.45) is 0. The molecule has 3 N–H and O–H groups in total. The number of nitrogens with one attached hydrogen (secondary N) is 1. The first-order valence-electron chi connectivity index (χ1n) is 5.26. The van der Waals surface area contributed by atoms with Gasteiger partial charge < -0.3 is 15.8 Å². The number of anilines is 3. The third kappa shape index (κ3) is 2.49. The van der Waals surface area contributed by atoms with Crippen LogP contribution in [0.1, 0.15) is 0 Å². The number of benzene rings is 2. The molecule has 0 bridgehead atoms. The van der Waals surface area contributed by atoms with E-state index in [2.05, 4.69) is 5.32 Å². The predicted octanol–water partition coefficient (Wildman–Crippen LogP) is 3.81. The molecular weight excluding hydrogens is 255 g/mol. The minimum Gasteiger partial charge on any atom is -0.494 e. The van der Waals surface area contributed by atoms with Crippen LogP contribution in [-0.2, 0) is 0 Å². The van der Waals surface area contributed by atoms with Crippen LogP contribution in [0.3, 0.4) is 0 Å². The molecule has 0 radical (unpaired) electrons. The maximum absolute atomic E-state index is 13.5. The van der Waals surface area contributed by atoms with E-state index in [9.17, 15) is 4.39 Å². The summed E-state index contributed by atoms with van der Waals surface area (Å²) in [6, 6.07) is 9.71. The molecule has 0 fully saturated rings. The summed E-state index contributed by atoms with van der Waals surface area (Å²) in [6.45, 7) is 0. The number of rotatable bonds is 3. The van der Waals surface area contributed by atoms with Gasteiger partial charge in [-0.2, -0.15) is 0 Å². The number of nitrogen functional groups attached to an aromatic ring is 1. The van der Waals surface area contributed by atoms with Gasteiger partial charge in [-0.15, -0.1) is 0 Å². The SMILES string of the molecule is COc1ccc(Nc2c(N)cccc2Cl)cc1F. The number of nitrogens with two attached hydrogens (primary N) is 1. The molecule has 0 spiro atoms. The molecule has 94 valence electrons. The van der Waals surface area contributed by atoms with Crippen LogP contribution in [-0.4, -0.2) is 7.11 Å². The lowest BCUT2D eigenvalue weighted by atomic mass is 10.2. The highest BCUT2D eigenvalue weighted by Crippen LogP contribution is 2.32. The fraction of sp³-hybridized carbons (Fsp3) is 0.0769. The smallest absolute Gasteiger partial charge is 0.167 e. The van der Waals surface area contributed by atoms with Gasteiger partial charge in [0.05, 0.1) is 23.5 Å². The third-order valence-corrected chi connectivity index (χ3v) is 2.78.